The molecule has 2 N–H and O–H groups in total. The summed E-state index contributed by atoms with van der Waals surface area (Å²) < 4.78 is 52.6. The van der Waals surface area contributed by atoms with E-state index in [4.69, 9.17) is 9.47 Å². The number of carbonyl (C=O) groups excluding carboxylic acids is 1. The van der Waals surface area contributed by atoms with E-state index in [1.165, 1.54) is 29.2 Å². The first-order valence-electron chi connectivity index (χ1n) is 10.7. The predicted octanol–water partition coefficient (Wildman–Crippen LogP) is 2.72. The molecule has 10 heteroatoms. The highest BCUT2D eigenvalue weighted by Crippen LogP contribution is 2.27. The summed E-state index contributed by atoms with van der Waals surface area (Å²) in [6.07, 6.45) is -0.178. The molecule has 0 aromatic heterocycles. The fourth-order valence-electron chi connectivity index (χ4n) is 3.55. The van der Waals surface area contributed by atoms with Gasteiger partial charge in [0.25, 0.3) is 15.9 Å². The second-order valence-electron chi connectivity index (χ2n) is 8.33. The number of carbonyl (C=O) groups is 1. The van der Waals surface area contributed by atoms with Crippen molar-refractivity contribution in [1.29, 1.82) is 0 Å². The molecule has 1 aliphatic rings. The molecule has 0 saturated heterocycles. The summed E-state index contributed by atoms with van der Waals surface area (Å²) in [6.45, 7) is 5.43. The number of likely N-dealkylation sites (N-methyl/N-ethyl adjacent to an activating group) is 1. The molecular weight excluding hydrogens is 449 g/mol. The number of rotatable bonds is 4. The predicted molar refractivity (Wildman–Crippen MR) is 124 cm³/mol. The van der Waals surface area contributed by atoms with E-state index in [1.807, 2.05) is 6.92 Å². The highest BCUT2D eigenvalue weighted by molar-refractivity contribution is 7.92. The Kier molecular flexibility index (Phi) is 7.93. The van der Waals surface area contributed by atoms with E-state index < -0.39 is 15.8 Å². The zero-order valence-corrected chi connectivity index (χ0v) is 20.0. The summed E-state index contributed by atoms with van der Waals surface area (Å²) in [5, 5.41) is 3.41. The average Bonchev–Trinajstić information content (AvgIpc) is 2.78. The smallest absolute Gasteiger partial charge is 0.261 e. The lowest BCUT2D eigenvalue weighted by Crippen LogP contribution is -2.44. The van der Waals surface area contributed by atoms with Crippen LogP contribution in [0.25, 0.3) is 0 Å². The van der Waals surface area contributed by atoms with Crippen molar-refractivity contribution in [3.8, 4) is 5.75 Å². The zero-order valence-electron chi connectivity index (χ0n) is 19.2. The maximum Gasteiger partial charge on any atom is 0.261 e. The van der Waals surface area contributed by atoms with Crippen molar-refractivity contribution in [2.75, 3.05) is 38.6 Å². The van der Waals surface area contributed by atoms with Crippen molar-refractivity contribution in [3.05, 3.63) is 53.8 Å². The van der Waals surface area contributed by atoms with Gasteiger partial charge in [-0.2, -0.15) is 0 Å². The number of hydrogen-bond donors (Lipinski definition) is 2. The third-order valence-electron chi connectivity index (χ3n) is 5.60. The van der Waals surface area contributed by atoms with Gasteiger partial charge in [0.1, 0.15) is 18.2 Å². The Morgan fingerprint density at radius 2 is 1.88 bits per heavy atom. The minimum atomic E-state index is -3.97. The molecule has 2 aromatic carbocycles. The van der Waals surface area contributed by atoms with E-state index in [9.17, 15) is 17.6 Å². The third kappa shape index (κ3) is 6.21. The topological polar surface area (TPSA) is 97.0 Å². The Balaban J connectivity index is 1.93. The van der Waals surface area contributed by atoms with Gasteiger partial charge in [-0.1, -0.05) is 6.92 Å². The Morgan fingerprint density at radius 1 is 1.18 bits per heavy atom. The molecule has 1 heterocycles. The van der Waals surface area contributed by atoms with Gasteiger partial charge in [-0.15, -0.1) is 0 Å². The number of halogens is 1. The number of nitrogens with zero attached hydrogens (tertiary/aromatic N) is 1. The minimum Gasteiger partial charge on any atom is -0.491 e. The number of ether oxygens (including phenoxy) is 2. The molecule has 0 radical (unpaired) electrons. The quantitative estimate of drug-likeness (QED) is 0.700. The number of anilines is 1. The first kappa shape index (κ1) is 24.9. The monoisotopic (exact) mass is 479 g/mol. The van der Waals surface area contributed by atoms with E-state index in [1.54, 1.807) is 20.2 Å². The highest BCUT2D eigenvalue weighted by Gasteiger charge is 2.26. The summed E-state index contributed by atoms with van der Waals surface area (Å²) in [7, 11) is -0.681. The Labute approximate surface area is 194 Å². The van der Waals surface area contributed by atoms with Crippen molar-refractivity contribution >= 4 is 21.6 Å². The van der Waals surface area contributed by atoms with Gasteiger partial charge in [0.05, 0.1) is 16.6 Å². The molecule has 0 fully saturated rings. The molecule has 33 heavy (non-hydrogen) atoms. The molecule has 3 rings (SSSR count). The molecule has 180 valence electrons. The molecule has 8 nitrogen and oxygen atoms in total. The summed E-state index contributed by atoms with van der Waals surface area (Å²) in [5.41, 5.74) is 0.422. The van der Waals surface area contributed by atoms with Crippen LogP contribution in [0, 0.1) is 11.7 Å². The van der Waals surface area contributed by atoms with Gasteiger partial charge in [-0.25, -0.2) is 12.8 Å². The third-order valence-corrected chi connectivity index (χ3v) is 7.00. The van der Waals surface area contributed by atoms with Gasteiger partial charge in [0.2, 0.25) is 0 Å². The van der Waals surface area contributed by atoms with Crippen LogP contribution in [0.15, 0.2) is 47.4 Å². The van der Waals surface area contributed by atoms with Crippen molar-refractivity contribution in [1.82, 2.24) is 10.2 Å². The number of hydrogen-bond acceptors (Lipinski definition) is 6. The maximum absolute atomic E-state index is 13.3. The number of methoxy groups -OCH3 is 1. The van der Waals surface area contributed by atoms with Crippen molar-refractivity contribution in [2.45, 2.75) is 30.9 Å². The summed E-state index contributed by atoms with van der Waals surface area (Å²) in [6, 6.07) is 9.06. The van der Waals surface area contributed by atoms with Gasteiger partial charge >= 0.3 is 0 Å². The van der Waals surface area contributed by atoms with E-state index in [2.05, 4.69) is 17.0 Å². The summed E-state index contributed by atoms with van der Waals surface area (Å²) >= 11 is 0. The van der Waals surface area contributed by atoms with Gasteiger partial charge in [0.15, 0.2) is 0 Å². The van der Waals surface area contributed by atoms with E-state index >= 15 is 0 Å². The first-order valence-corrected chi connectivity index (χ1v) is 12.2. The molecule has 2 aromatic rings. The Morgan fingerprint density at radius 3 is 2.55 bits per heavy atom. The number of sulfonamides is 1. The molecule has 0 aliphatic carbocycles. The maximum atomic E-state index is 13.3. The van der Waals surface area contributed by atoms with Gasteiger partial charge < -0.3 is 19.7 Å². The molecule has 3 atom stereocenters. The van der Waals surface area contributed by atoms with Gasteiger partial charge in [-0.3, -0.25) is 9.52 Å². The van der Waals surface area contributed by atoms with Crippen LogP contribution in [0.5, 0.6) is 5.75 Å². The van der Waals surface area contributed by atoms with Crippen LogP contribution in [0.3, 0.4) is 0 Å². The van der Waals surface area contributed by atoms with Crippen LogP contribution in [0.2, 0.25) is 0 Å². The number of nitrogens with one attached hydrogen (secondary N) is 2. The lowest BCUT2D eigenvalue weighted by Gasteiger charge is -2.30. The SMILES string of the molecule is CO[C@H]1CN(C)C(=O)c2cc(NS(=O)(=O)c3ccc(F)cc3)ccc2OC[C@@H](C)NC[C@@H]1C. The molecule has 0 spiro atoms. The van der Waals surface area contributed by atoms with Gasteiger partial charge in [-0.05, 0) is 55.3 Å². The zero-order chi connectivity index (χ0) is 24.2. The standard InChI is InChI=1S/C23H30FN3O5S/c1-15-12-25-16(2)14-32-21-10-7-18(11-20(21)23(28)27(3)13-22(15)31-4)26-33(29,30)19-8-5-17(24)6-9-19/h5-11,15-16,22,25-26H,12-14H2,1-4H3/t15-,16+,22-/m0/s1. The van der Waals surface area contributed by atoms with Crippen LogP contribution in [-0.4, -0.2) is 65.2 Å². The van der Waals surface area contributed by atoms with Crippen molar-refractivity contribution < 1.29 is 27.1 Å². The number of benzene rings is 2. The second-order valence-corrected chi connectivity index (χ2v) is 10.0. The van der Waals surface area contributed by atoms with Gasteiger partial charge in [0, 0.05) is 39.0 Å². The normalized spacial score (nSPS) is 22.5. The van der Waals surface area contributed by atoms with Crippen LogP contribution in [0.4, 0.5) is 10.1 Å². The van der Waals surface area contributed by atoms with Crippen LogP contribution < -0.4 is 14.8 Å². The fraction of sp³-hybridized carbons (Fsp3) is 0.435. The molecule has 1 aliphatic heterocycles. The van der Waals surface area contributed by atoms with Crippen molar-refractivity contribution in [2.24, 2.45) is 5.92 Å². The number of amides is 1. The summed E-state index contributed by atoms with van der Waals surface area (Å²) in [4.78, 5) is 14.7. The van der Waals surface area contributed by atoms with Crippen LogP contribution in [-0.2, 0) is 14.8 Å². The lowest BCUT2D eigenvalue weighted by atomic mass is 10.0. The molecule has 0 bridgehead atoms. The fourth-order valence-corrected chi connectivity index (χ4v) is 4.60. The molecule has 0 unspecified atom stereocenters. The Hall–Kier alpha value is -2.69. The largest absolute Gasteiger partial charge is 0.491 e. The van der Waals surface area contributed by atoms with Crippen LogP contribution in [0.1, 0.15) is 24.2 Å². The van der Waals surface area contributed by atoms with E-state index in [0.717, 1.165) is 12.1 Å². The highest BCUT2D eigenvalue weighted by atomic mass is 32.2. The molecule has 1 amide bonds. The lowest BCUT2D eigenvalue weighted by molar-refractivity contribution is 0.0281. The van der Waals surface area contributed by atoms with E-state index in [-0.39, 0.29) is 40.1 Å². The minimum absolute atomic E-state index is 0.0294. The van der Waals surface area contributed by atoms with E-state index in [0.29, 0.717) is 25.4 Å². The van der Waals surface area contributed by atoms with Crippen molar-refractivity contribution in [3.63, 3.8) is 0 Å². The number of fused-ring (bicyclic) bond motifs is 1. The first-order chi connectivity index (χ1) is 15.6. The second kappa shape index (κ2) is 10.5. The van der Waals surface area contributed by atoms with Crippen LogP contribution >= 0.6 is 0 Å². The molecular formula is C23H30FN3O5S. The average molecular weight is 480 g/mol. The summed E-state index contributed by atoms with van der Waals surface area (Å²) in [5.74, 6) is -0.344. The molecule has 0 saturated carbocycles. The Bertz CT molecular complexity index is 1080.